The van der Waals surface area contributed by atoms with Crippen LogP contribution in [0.2, 0.25) is 0 Å². The molecule has 22 heavy (non-hydrogen) atoms. The number of carbonyl (C=O) groups is 1. The van der Waals surface area contributed by atoms with Gasteiger partial charge in [0.1, 0.15) is 11.7 Å². The summed E-state index contributed by atoms with van der Waals surface area (Å²) >= 11 is 0. The highest BCUT2D eigenvalue weighted by Crippen LogP contribution is 2.62. The van der Waals surface area contributed by atoms with Crippen LogP contribution in [-0.2, 0) is 19.0 Å². The van der Waals surface area contributed by atoms with Crippen LogP contribution in [-0.4, -0.2) is 41.8 Å². The van der Waals surface area contributed by atoms with Gasteiger partial charge in [-0.25, -0.2) is 4.79 Å². The molecule has 0 radical (unpaired) electrons. The van der Waals surface area contributed by atoms with Gasteiger partial charge in [-0.2, -0.15) is 0 Å². The average molecular weight is 308 g/mol. The van der Waals surface area contributed by atoms with Gasteiger partial charge in [0, 0.05) is 18.3 Å². The van der Waals surface area contributed by atoms with Crippen LogP contribution >= 0.6 is 0 Å². The molecule has 0 aromatic heterocycles. The van der Waals surface area contributed by atoms with Gasteiger partial charge < -0.3 is 19.3 Å². The minimum absolute atomic E-state index is 0.0151. The highest BCUT2D eigenvalue weighted by Gasteiger charge is 2.67. The lowest BCUT2D eigenvalue weighted by atomic mass is 9.51. The summed E-state index contributed by atoms with van der Waals surface area (Å²) in [7, 11) is 0. The Hall–Kier alpha value is -0.910. The second-order valence-corrected chi connectivity index (χ2v) is 7.71. The first-order valence-corrected chi connectivity index (χ1v) is 8.23. The van der Waals surface area contributed by atoms with Crippen molar-refractivity contribution in [2.45, 2.75) is 57.0 Å². The summed E-state index contributed by atoms with van der Waals surface area (Å²) in [6.45, 7) is 9.34. The number of esters is 1. The van der Waals surface area contributed by atoms with Crippen LogP contribution in [0.3, 0.4) is 0 Å². The molecule has 2 aliphatic carbocycles. The Morgan fingerprint density at radius 1 is 1.18 bits per heavy atom. The van der Waals surface area contributed by atoms with E-state index in [2.05, 4.69) is 20.4 Å². The lowest BCUT2D eigenvalue weighted by Crippen LogP contribution is -2.62. The van der Waals surface area contributed by atoms with Gasteiger partial charge in [-0.3, -0.25) is 0 Å². The van der Waals surface area contributed by atoms with Crippen molar-refractivity contribution in [3.8, 4) is 0 Å². The molecule has 0 aromatic carbocycles. The van der Waals surface area contributed by atoms with Gasteiger partial charge in [0.2, 0.25) is 0 Å². The van der Waals surface area contributed by atoms with E-state index in [0.717, 1.165) is 19.3 Å². The van der Waals surface area contributed by atoms with Crippen LogP contribution in [0.15, 0.2) is 12.2 Å². The molecule has 0 amide bonds. The Morgan fingerprint density at radius 3 is 2.50 bits per heavy atom. The van der Waals surface area contributed by atoms with Crippen LogP contribution in [0.25, 0.3) is 0 Å². The average Bonchev–Trinajstić information content (AvgIpc) is 3.04. The van der Waals surface area contributed by atoms with Crippen LogP contribution in [0.5, 0.6) is 0 Å². The monoisotopic (exact) mass is 308 g/mol. The normalized spacial score (nSPS) is 49.9. The van der Waals surface area contributed by atoms with Gasteiger partial charge >= 0.3 is 5.97 Å². The second-order valence-electron chi connectivity index (χ2n) is 7.71. The smallest absolute Gasteiger partial charge is 0.336 e. The fourth-order valence-corrected chi connectivity index (χ4v) is 5.30. The molecule has 4 fully saturated rings. The van der Waals surface area contributed by atoms with E-state index in [4.69, 9.17) is 14.2 Å². The van der Waals surface area contributed by atoms with Crippen molar-refractivity contribution in [3.05, 3.63) is 12.2 Å². The number of carbonyl (C=O) groups excluding carboxylic acids is 1. The second kappa shape index (κ2) is 4.34. The Kier molecular flexibility index (Phi) is 2.89. The first-order chi connectivity index (χ1) is 10.3. The summed E-state index contributed by atoms with van der Waals surface area (Å²) in [5, 5.41) is 11.0. The minimum Gasteiger partial charge on any atom is -0.455 e. The van der Waals surface area contributed by atoms with Gasteiger partial charge in [0.05, 0.1) is 18.8 Å². The van der Waals surface area contributed by atoms with E-state index >= 15 is 0 Å². The molecule has 4 rings (SSSR count). The number of hydrogen-bond donors (Lipinski definition) is 1. The zero-order chi connectivity index (χ0) is 15.8. The molecule has 2 saturated heterocycles. The standard InChI is InChI=1S/C17H24O5/c1-10-12-13-16(19,11(2)14(18)22-13)6-4-15(12,3)5-7-17(10)20-8-9-21-17/h10,12-13,19H,2,4-9H2,1,3H3/t10-,12+,13+,15-,16-/m0/s1. The van der Waals surface area contributed by atoms with Gasteiger partial charge in [0.15, 0.2) is 5.79 Å². The molecule has 0 bridgehead atoms. The molecule has 5 heteroatoms. The Morgan fingerprint density at radius 2 is 1.82 bits per heavy atom. The maximum Gasteiger partial charge on any atom is 0.336 e. The summed E-state index contributed by atoms with van der Waals surface area (Å²) in [6, 6.07) is 0. The predicted octanol–water partition coefficient (Wildman–Crippen LogP) is 1.79. The summed E-state index contributed by atoms with van der Waals surface area (Å²) in [5.74, 6) is -0.971. The third-order valence-electron chi connectivity index (χ3n) is 6.73. The van der Waals surface area contributed by atoms with Crippen molar-refractivity contribution in [3.63, 3.8) is 0 Å². The minimum atomic E-state index is -1.23. The predicted molar refractivity (Wildman–Crippen MR) is 77.8 cm³/mol. The molecular formula is C17H24O5. The maximum absolute atomic E-state index is 12.0. The maximum atomic E-state index is 12.0. The highest BCUT2D eigenvalue weighted by molar-refractivity contribution is 5.93. The number of fused-ring (bicyclic) bond motifs is 3. The number of aliphatic hydroxyl groups is 1. The molecular weight excluding hydrogens is 284 g/mol. The molecule has 4 aliphatic rings. The fourth-order valence-electron chi connectivity index (χ4n) is 5.30. The highest BCUT2D eigenvalue weighted by atomic mass is 16.7. The number of hydrogen-bond acceptors (Lipinski definition) is 5. The third-order valence-corrected chi connectivity index (χ3v) is 6.73. The van der Waals surface area contributed by atoms with E-state index in [1.54, 1.807) is 0 Å². The molecule has 2 aliphatic heterocycles. The van der Waals surface area contributed by atoms with Crippen molar-refractivity contribution in [2.24, 2.45) is 17.3 Å². The number of ether oxygens (including phenoxy) is 3. The van der Waals surface area contributed by atoms with Crippen LogP contribution in [0, 0.1) is 17.3 Å². The molecule has 5 nitrogen and oxygen atoms in total. The molecule has 122 valence electrons. The van der Waals surface area contributed by atoms with E-state index in [-0.39, 0.29) is 22.8 Å². The quantitative estimate of drug-likeness (QED) is 0.546. The van der Waals surface area contributed by atoms with Crippen molar-refractivity contribution in [2.75, 3.05) is 13.2 Å². The zero-order valence-corrected chi connectivity index (χ0v) is 13.3. The van der Waals surface area contributed by atoms with Crippen molar-refractivity contribution in [1.82, 2.24) is 0 Å². The summed E-state index contributed by atoms with van der Waals surface area (Å²) in [6.07, 6.45) is 2.68. The Labute approximate surface area is 130 Å². The molecule has 1 spiro atoms. The fraction of sp³-hybridized carbons (Fsp3) is 0.824. The Bertz CT molecular complexity index is 537. The number of rotatable bonds is 0. The van der Waals surface area contributed by atoms with Gasteiger partial charge in [-0.1, -0.05) is 20.4 Å². The van der Waals surface area contributed by atoms with Gasteiger partial charge in [-0.15, -0.1) is 0 Å². The van der Waals surface area contributed by atoms with Gasteiger partial charge in [-0.05, 0) is 24.7 Å². The molecule has 1 N–H and O–H groups in total. The summed E-state index contributed by atoms with van der Waals surface area (Å²) in [4.78, 5) is 12.0. The van der Waals surface area contributed by atoms with Crippen LogP contribution in [0.4, 0.5) is 0 Å². The summed E-state index contributed by atoms with van der Waals surface area (Å²) in [5.41, 5.74) is -0.992. The lowest BCUT2D eigenvalue weighted by molar-refractivity contribution is -0.272. The third kappa shape index (κ3) is 1.62. The van der Waals surface area contributed by atoms with E-state index in [1.165, 1.54) is 0 Å². The molecule has 0 aromatic rings. The molecule has 2 saturated carbocycles. The van der Waals surface area contributed by atoms with Crippen molar-refractivity contribution in [1.29, 1.82) is 0 Å². The molecule has 0 unspecified atom stereocenters. The molecule has 5 atom stereocenters. The summed E-state index contributed by atoms with van der Waals surface area (Å²) < 4.78 is 17.5. The zero-order valence-electron chi connectivity index (χ0n) is 13.3. The van der Waals surface area contributed by atoms with Crippen LogP contribution < -0.4 is 0 Å². The van der Waals surface area contributed by atoms with E-state index < -0.39 is 23.5 Å². The topological polar surface area (TPSA) is 65.0 Å². The van der Waals surface area contributed by atoms with E-state index in [1.807, 2.05) is 0 Å². The first-order valence-electron chi connectivity index (χ1n) is 8.23. The first kappa shape index (κ1) is 14.7. The van der Waals surface area contributed by atoms with Crippen molar-refractivity contribution < 1.29 is 24.1 Å². The van der Waals surface area contributed by atoms with E-state index in [0.29, 0.717) is 19.6 Å². The largest absolute Gasteiger partial charge is 0.455 e. The Balaban J connectivity index is 1.75. The van der Waals surface area contributed by atoms with E-state index in [9.17, 15) is 9.90 Å². The lowest BCUT2D eigenvalue weighted by Gasteiger charge is -2.58. The van der Waals surface area contributed by atoms with Crippen molar-refractivity contribution >= 4 is 5.97 Å². The molecule has 2 heterocycles. The van der Waals surface area contributed by atoms with Crippen LogP contribution in [0.1, 0.15) is 39.5 Å². The van der Waals surface area contributed by atoms with Gasteiger partial charge in [0.25, 0.3) is 0 Å². The SMILES string of the molecule is C=C1C(=O)O[C@@H]2[C@H]3[C@H](C)C4(CC[C@]3(C)CC[C@]12O)OCCO4.